The van der Waals surface area contributed by atoms with Crippen LogP contribution in [0.3, 0.4) is 0 Å². The van der Waals surface area contributed by atoms with Crippen LogP contribution in [0, 0.1) is 6.92 Å². The van der Waals surface area contributed by atoms with E-state index >= 15 is 0 Å². The maximum atomic E-state index is 12.1. The zero-order valence-corrected chi connectivity index (χ0v) is 13.3. The van der Waals surface area contributed by atoms with Crippen LogP contribution in [0.5, 0.6) is 0 Å². The maximum Gasteiger partial charge on any atom is 0.315 e. The number of rotatable bonds is 3. The minimum absolute atomic E-state index is 0.117. The number of hydrogen-bond acceptors (Lipinski definition) is 5. The second kappa shape index (κ2) is 5.66. The first kappa shape index (κ1) is 13.8. The molecule has 1 aliphatic rings. The Labute approximate surface area is 126 Å². The van der Waals surface area contributed by atoms with Gasteiger partial charge < -0.3 is 4.74 Å². The predicted octanol–water partition coefficient (Wildman–Crippen LogP) is 4.16. The number of fused-ring (bicyclic) bond motifs is 1. The average Bonchev–Trinajstić information content (AvgIpc) is 3.03. The van der Waals surface area contributed by atoms with Crippen molar-refractivity contribution in [3.63, 3.8) is 0 Å². The van der Waals surface area contributed by atoms with Gasteiger partial charge in [-0.15, -0.1) is 22.7 Å². The Kier molecular flexibility index (Phi) is 3.89. The fraction of sp³-hybridized carbons (Fsp3) is 0.467. The van der Waals surface area contributed by atoms with Gasteiger partial charge in [-0.2, -0.15) is 0 Å². The Bertz CT molecular complexity index is 630. The molecule has 2 aromatic rings. The lowest BCUT2D eigenvalue weighted by Gasteiger charge is -2.19. The Hall–Kier alpha value is -1.20. The van der Waals surface area contributed by atoms with Crippen molar-refractivity contribution >= 4 is 28.6 Å². The minimum Gasteiger partial charge on any atom is -0.465 e. The molecule has 0 saturated carbocycles. The summed E-state index contributed by atoms with van der Waals surface area (Å²) >= 11 is 3.46. The molecule has 3 rings (SSSR count). The SMILES string of the molecule is CCOC(=O)C1CCCc2sc(-c3sccc3C)nc21. The number of thiophene rings is 1. The van der Waals surface area contributed by atoms with E-state index in [0.717, 1.165) is 30.0 Å². The number of nitrogens with zero attached hydrogens (tertiary/aromatic N) is 1. The van der Waals surface area contributed by atoms with Gasteiger partial charge in [0, 0.05) is 4.88 Å². The fourth-order valence-corrected chi connectivity index (χ4v) is 4.83. The normalized spacial score (nSPS) is 17.8. The standard InChI is InChI=1S/C15H17NO2S2/c1-3-18-15(17)10-5-4-6-11-12(10)16-14(20-11)13-9(2)7-8-19-13/h7-8,10H,3-6H2,1-2H3. The van der Waals surface area contributed by atoms with Crippen LogP contribution in [0.4, 0.5) is 0 Å². The van der Waals surface area contributed by atoms with E-state index in [4.69, 9.17) is 9.72 Å². The minimum atomic E-state index is -0.163. The van der Waals surface area contributed by atoms with Crippen LogP contribution in [0.2, 0.25) is 0 Å². The van der Waals surface area contributed by atoms with Crippen molar-refractivity contribution in [2.45, 2.75) is 39.0 Å². The molecule has 0 amide bonds. The van der Waals surface area contributed by atoms with Crippen molar-refractivity contribution in [3.8, 4) is 9.88 Å². The van der Waals surface area contributed by atoms with Crippen LogP contribution < -0.4 is 0 Å². The Morgan fingerprint density at radius 1 is 1.55 bits per heavy atom. The van der Waals surface area contributed by atoms with E-state index in [0.29, 0.717) is 6.61 Å². The van der Waals surface area contributed by atoms with Gasteiger partial charge in [-0.3, -0.25) is 4.79 Å². The molecule has 5 heteroatoms. The smallest absolute Gasteiger partial charge is 0.315 e. The number of ether oxygens (including phenoxy) is 1. The number of carbonyl (C=O) groups excluding carboxylic acids is 1. The van der Waals surface area contributed by atoms with Gasteiger partial charge in [0.25, 0.3) is 0 Å². The molecular weight excluding hydrogens is 290 g/mol. The molecule has 0 spiro atoms. The highest BCUT2D eigenvalue weighted by molar-refractivity contribution is 7.21. The largest absolute Gasteiger partial charge is 0.465 e. The quantitative estimate of drug-likeness (QED) is 0.799. The monoisotopic (exact) mass is 307 g/mol. The fourth-order valence-electron chi connectivity index (χ4n) is 2.58. The molecule has 2 heterocycles. The maximum absolute atomic E-state index is 12.1. The summed E-state index contributed by atoms with van der Waals surface area (Å²) in [5, 5.41) is 3.15. The molecule has 0 aromatic carbocycles. The van der Waals surface area contributed by atoms with Crippen LogP contribution in [0.1, 0.15) is 41.8 Å². The molecule has 3 nitrogen and oxygen atoms in total. The third-order valence-corrected chi connectivity index (χ3v) is 5.88. The molecule has 1 atom stereocenters. The van der Waals surface area contributed by atoms with Crippen molar-refractivity contribution in [2.24, 2.45) is 0 Å². The molecular formula is C15H17NO2S2. The molecule has 20 heavy (non-hydrogen) atoms. The topological polar surface area (TPSA) is 39.2 Å². The zero-order valence-electron chi connectivity index (χ0n) is 11.6. The second-order valence-electron chi connectivity index (χ2n) is 4.96. The summed E-state index contributed by atoms with van der Waals surface area (Å²) in [6.45, 7) is 4.39. The summed E-state index contributed by atoms with van der Waals surface area (Å²) < 4.78 is 5.19. The van der Waals surface area contributed by atoms with Crippen LogP contribution in [-0.2, 0) is 16.0 Å². The number of esters is 1. The van der Waals surface area contributed by atoms with E-state index < -0.39 is 0 Å². The number of hydrogen-bond donors (Lipinski definition) is 0. The van der Waals surface area contributed by atoms with Gasteiger partial charge in [0.15, 0.2) is 0 Å². The lowest BCUT2D eigenvalue weighted by molar-refractivity contribution is -0.145. The highest BCUT2D eigenvalue weighted by atomic mass is 32.1. The van der Waals surface area contributed by atoms with Crippen LogP contribution in [0.15, 0.2) is 11.4 Å². The summed E-state index contributed by atoms with van der Waals surface area (Å²) in [6.07, 6.45) is 2.94. The predicted molar refractivity (Wildman–Crippen MR) is 82.5 cm³/mol. The lowest BCUT2D eigenvalue weighted by Crippen LogP contribution is -2.20. The van der Waals surface area contributed by atoms with Gasteiger partial charge in [-0.1, -0.05) is 0 Å². The van der Waals surface area contributed by atoms with Gasteiger partial charge in [0.2, 0.25) is 0 Å². The molecule has 1 aliphatic carbocycles. The molecule has 0 bridgehead atoms. The summed E-state index contributed by atoms with van der Waals surface area (Å²) in [6, 6.07) is 2.11. The van der Waals surface area contributed by atoms with E-state index in [9.17, 15) is 4.79 Å². The molecule has 0 saturated heterocycles. The molecule has 0 N–H and O–H groups in total. The van der Waals surface area contributed by atoms with Crippen molar-refractivity contribution in [2.75, 3.05) is 6.61 Å². The first-order chi connectivity index (χ1) is 9.70. The number of carbonyl (C=O) groups is 1. The first-order valence-corrected chi connectivity index (χ1v) is 8.61. The lowest BCUT2D eigenvalue weighted by atomic mass is 9.91. The molecule has 2 aromatic heterocycles. The second-order valence-corrected chi connectivity index (χ2v) is 6.96. The third-order valence-electron chi connectivity index (χ3n) is 3.58. The van der Waals surface area contributed by atoms with Gasteiger partial charge in [0.05, 0.1) is 17.2 Å². The van der Waals surface area contributed by atoms with Gasteiger partial charge >= 0.3 is 5.97 Å². The number of aryl methyl sites for hydroxylation is 2. The average molecular weight is 307 g/mol. The molecule has 106 valence electrons. The Morgan fingerprint density at radius 3 is 3.10 bits per heavy atom. The Morgan fingerprint density at radius 2 is 2.40 bits per heavy atom. The van der Waals surface area contributed by atoms with Gasteiger partial charge in [-0.05, 0) is 50.1 Å². The van der Waals surface area contributed by atoms with E-state index in [1.165, 1.54) is 15.3 Å². The number of thiazole rings is 1. The van der Waals surface area contributed by atoms with Crippen LogP contribution >= 0.6 is 22.7 Å². The summed E-state index contributed by atoms with van der Waals surface area (Å²) in [5.74, 6) is -0.280. The van der Waals surface area contributed by atoms with Crippen molar-refractivity contribution in [1.29, 1.82) is 0 Å². The van der Waals surface area contributed by atoms with Crippen molar-refractivity contribution in [1.82, 2.24) is 4.98 Å². The van der Waals surface area contributed by atoms with E-state index in [1.54, 1.807) is 22.7 Å². The zero-order chi connectivity index (χ0) is 14.1. The molecule has 1 unspecified atom stereocenters. The van der Waals surface area contributed by atoms with E-state index in [-0.39, 0.29) is 11.9 Å². The van der Waals surface area contributed by atoms with E-state index in [1.807, 2.05) is 6.92 Å². The Balaban J connectivity index is 1.97. The van der Waals surface area contributed by atoms with Crippen LogP contribution in [-0.4, -0.2) is 17.6 Å². The highest BCUT2D eigenvalue weighted by Crippen LogP contribution is 2.40. The first-order valence-electron chi connectivity index (χ1n) is 6.91. The van der Waals surface area contributed by atoms with Crippen molar-refractivity contribution in [3.05, 3.63) is 27.6 Å². The van der Waals surface area contributed by atoms with Crippen molar-refractivity contribution < 1.29 is 9.53 Å². The molecule has 0 aliphatic heterocycles. The van der Waals surface area contributed by atoms with E-state index in [2.05, 4.69) is 18.4 Å². The molecule has 0 radical (unpaired) electrons. The number of aromatic nitrogens is 1. The summed E-state index contributed by atoms with van der Waals surface area (Å²) in [4.78, 5) is 19.3. The van der Waals surface area contributed by atoms with Crippen LogP contribution in [0.25, 0.3) is 9.88 Å². The third kappa shape index (κ3) is 2.40. The summed E-state index contributed by atoms with van der Waals surface area (Å²) in [5.41, 5.74) is 2.22. The van der Waals surface area contributed by atoms with Gasteiger partial charge in [-0.25, -0.2) is 4.98 Å². The molecule has 0 fully saturated rings. The van der Waals surface area contributed by atoms with Gasteiger partial charge in [0.1, 0.15) is 10.9 Å². The summed E-state index contributed by atoms with van der Waals surface area (Å²) in [7, 11) is 0. The highest BCUT2D eigenvalue weighted by Gasteiger charge is 2.31.